The Balaban J connectivity index is 1.32. The standard InChI is InChI=1S/C28H34N4O3S2/c1-28(2)14-17-32(18-15-28)22-10-8-21(9-11-22)27(33)31-37(34,35)24-12-13-26(25(29)20-24)30-16-19-36-23-6-4-3-5-7-23/h3-13,20,30H,14-19,29H2,1-2H3,(H,31,33). The Labute approximate surface area is 223 Å². The van der Waals surface area contributed by atoms with E-state index in [4.69, 9.17) is 5.73 Å². The molecule has 0 radical (unpaired) electrons. The summed E-state index contributed by atoms with van der Waals surface area (Å²) in [6.45, 7) is 7.15. The Kier molecular flexibility index (Phi) is 8.34. The predicted octanol–water partition coefficient (Wildman–Crippen LogP) is 5.22. The summed E-state index contributed by atoms with van der Waals surface area (Å²) in [5, 5.41) is 3.23. The zero-order chi connectivity index (χ0) is 26.5. The predicted molar refractivity (Wildman–Crippen MR) is 153 cm³/mol. The third-order valence-corrected chi connectivity index (χ3v) is 8.94. The number of nitrogens with two attached hydrogens (primary N) is 1. The minimum absolute atomic E-state index is 0.0601. The molecule has 1 aliphatic rings. The lowest BCUT2D eigenvalue weighted by atomic mass is 9.82. The summed E-state index contributed by atoms with van der Waals surface area (Å²) in [7, 11) is -4.07. The van der Waals surface area contributed by atoms with E-state index in [9.17, 15) is 13.2 Å². The van der Waals surface area contributed by atoms with Crippen LogP contribution in [0.2, 0.25) is 0 Å². The third-order valence-electron chi connectivity index (χ3n) is 6.60. The average Bonchev–Trinajstić information content (AvgIpc) is 2.88. The maximum absolute atomic E-state index is 12.9. The van der Waals surface area contributed by atoms with Crippen molar-refractivity contribution in [3.63, 3.8) is 0 Å². The van der Waals surface area contributed by atoms with Crippen LogP contribution in [0.1, 0.15) is 37.0 Å². The van der Waals surface area contributed by atoms with Crippen molar-refractivity contribution in [2.75, 3.05) is 41.3 Å². The van der Waals surface area contributed by atoms with E-state index < -0.39 is 15.9 Å². The van der Waals surface area contributed by atoms with Gasteiger partial charge in [0.15, 0.2) is 0 Å². The molecule has 7 nitrogen and oxygen atoms in total. The number of carbonyl (C=O) groups is 1. The van der Waals surface area contributed by atoms with Crippen molar-refractivity contribution in [2.45, 2.75) is 36.5 Å². The van der Waals surface area contributed by atoms with Crippen LogP contribution in [0.3, 0.4) is 0 Å². The van der Waals surface area contributed by atoms with Gasteiger partial charge < -0.3 is 16.0 Å². The summed E-state index contributed by atoms with van der Waals surface area (Å²) in [5.74, 6) is 0.152. The lowest BCUT2D eigenvalue weighted by molar-refractivity contribution is 0.0981. The van der Waals surface area contributed by atoms with Gasteiger partial charge >= 0.3 is 0 Å². The molecule has 3 aromatic rings. The Bertz CT molecular complexity index is 1320. The molecule has 37 heavy (non-hydrogen) atoms. The van der Waals surface area contributed by atoms with Crippen molar-refractivity contribution in [3.8, 4) is 0 Å². The van der Waals surface area contributed by atoms with E-state index in [2.05, 4.69) is 40.9 Å². The third kappa shape index (κ3) is 7.20. The Hall–Kier alpha value is -3.17. The fourth-order valence-corrected chi connectivity index (χ4v) is 5.97. The highest BCUT2D eigenvalue weighted by Gasteiger charge is 2.26. The summed E-state index contributed by atoms with van der Waals surface area (Å²) in [4.78, 5) is 16.1. The van der Waals surface area contributed by atoms with Gasteiger partial charge in [0.2, 0.25) is 0 Å². The first-order valence-electron chi connectivity index (χ1n) is 12.4. The van der Waals surface area contributed by atoms with Crippen LogP contribution in [0.5, 0.6) is 0 Å². The van der Waals surface area contributed by atoms with Crippen molar-refractivity contribution in [2.24, 2.45) is 5.41 Å². The van der Waals surface area contributed by atoms with Gasteiger partial charge in [0.1, 0.15) is 0 Å². The fraction of sp³-hybridized carbons (Fsp3) is 0.321. The molecule has 3 aromatic carbocycles. The van der Waals surface area contributed by atoms with E-state index in [1.54, 1.807) is 30.0 Å². The first-order chi connectivity index (χ1) is 17.6. The number of piperidine rings is 1. The Morgan fingerprint density at radius 3 is 2.32 bits per heavy atom. The van der Waals surface area contributed by atoms with Crippen molar-refractivity contribution in [1.29, 1.82) is 0 Å². The number of nitrogens with zero attached hydrogens (tertiary/aromatic N) is 1. The number of nitrogens with one attached hydrogen (secondary N) is 2. The van der Waals surface area contributed by atoms with Gasteiger partial charge in [-0.25, -0.2) is 13.1 Å². The molecule has 1 amide bonds. The van der Waals surface area contributed by atoms with Gasteiger partial charge in [0, 0.05) is 41.5 Å². The fourth-order valence-electron chi connectivity index (χ4n) is 4.17. The molecule has 0 aromatic heterocycles. The molecule has 1 aliphatic heterocycles. The number of carbonyl (C=O) groups excluding carboxylic acids is 1. The van der Waals surface area contributed by atoms with E-state index in [1.807, 2.05) is 30.3 Å². The summed E-state index contributed by atoms with van der Waals surface area (Å²) in [6, 6.07) is 21.6. The number of thioether (sulfide) groups is 1. The van der Waals surface area contributed by atoms with Crippen molar-refractivity contribution < 1.29 is 13.2 Å². The first-order valence-corrected chi connectivity index (χ1v) is 14.8. The molecule has 4 N–H and O–H groups in total. The molecule has 9 heteroatoms. The van der Waals surface area contributed by atoms with Crippen molar-refractivity contribution in [1.82, 2.24) is 4.72 Å². The van der Waals surface area contributed by atoms with Crippen LogP contribution in [-0.4, -0.2) is 39.7 Å². The maximum atomic E-state index is 12.9. The molecule has 4 rings (SSSR count). The van der Waals surface area contributed by atoms with E-state index in [-0.39, 0.29) is 10.5 Å². The van der Waals surface area contributed by atoms with E-state index >= 15 is 0 Å². The molecule has 1 fully saturated rings. The summed E-state index contributed by atoms with van der Waals surface area (Å²) in [5.41, 5.74) is 8.73. The second-order valence-corrected chi connectivity index (χ2v) is 12.8. The SMILES string of the molecule is CC1(C)CCN(c2ccc(C(=O)NS(=O)(=O)c3ccc(NCCSc4ccccc4)c(N)c3)cc2)CC1. The molecule has 0 saturated carbocycles. The second-order valence-electron chi connectivity index (χ2n) is 9.97. The number of hydrogen-bond acceptors (Lipinski definition) is 7. The maximum Gasteiger partial charge on any atom is 0.264 e. The summed E-state index contributed by atoms with van der Waals surface area (Å²) >= 11 is 1.72. The molecule has 0 spiro atoms. The van der Waals surface area contributed by atoms with Crippen LogP contribution >= 0.6 is 11.8 Å². The molecule has 0 aliphatic carbocycles. The van der Waals surface area contributed by atoms with Crippen LogP contribution in [0, 0.1) is 5.41 Å². The van der Waals surface area contributed by atoms with Gasteiger partial charge in [0.05, 0.1) is 16.3 Å². The average molecular weight is 539 g/mol. The summed E-state index contributed by atoms with van der Waals surface area (Å²) in [6.07, 6.45) is 2.22. The lowest BCUT2D eigenvalue weighted by Crippen LogP contribution is -2.37. The molecular formula is C28H34N4O3S2. The van der Waals surface area contributed by atoms with Gasteiger partial charge in [-0.2, -0.15) is 0 Å². The van der Waals surface area contributed by atoms with Crippen LogP contribution in [0.15, 0.2) is 82.6 Å². The normalized spacial score (nSPS) is 15.2. The lowest BCUT2D eigenvalue weighted by Gasteiger charge is -2.38. The zero-order valence-corrected chi connectivity index (χ0v) is 22.9. The van der Waals surface area contributed by atoms with Crippen molar-refractivity contribution in [3.05, 3.63) is 78.4 Å². The Morgan fingerprint density at radius 1 is 1.00 bits per heavy atom. The molecule has 0 atom stereocenters. The largest absolute Gasteiger partial charge is 0.397 e. The highest BCUT2D eigenvalue weighted by atomic mass is 32.2. The van der Waals surface area contributed by atoms with Gasteiger partial charge in [-0.15, -0.1) is 11.8 Å². The van der Waals surface area contributed by atoms with Crippen molar-refractivity contribution >= 4 is 44.8 Å². The number of nitrogen functional groups attached to an aromatic ring is 1. The highest BCUT2D eigenvalue weighted by molar-refractivity contribution is 7.99. The van der Waals surface area contributed by atoms with Gasteiger partial charge in [-0.1, -0.05) is 32.0 Å². The van der Waals surface area contributed by atoms with Crippen LogP contribution in [0.4, 0.5) is 17.1 Å². The quantitative estimate of drug-likeness (QED) is 0.195. The second kappa shape index (κ2) is 11.5. The number of amides is 1. The minimum atomic E-state index is -4.07. The Morgan fingerprint density at radius 2 is 1.68 bits per heavy atom. The number of sulfonamides is 1. The molecule has 196 valence electrons. The first kappa shape index (κ1) is 26.9. The van der Waals surface area contributed by atoms with Crippen LogP contribution < -0.4 is 20.7 Å². The van der Waals surface area contributed by atoms with Gasteiger partial charge in [-0.05, 0) is 72.9 Å². The molecule has 0 bridgehead atoms. The van der Waals surface area contributed by atoms with Crippen LogP contribution in [-0.2, 0) is 10.0 Å². The molecular weight excluding hydrogens is 504 g/mol. The number of hydrogen-bond donors (Lipinski definition) is 3. The molecule has 1 saturated heterocycles. The summed E-state index contributed by atoms with van der Waals surface area (Å²) < 4.78 is 27.9. The molecule has 1 heterocycles. The number of anilines is 3. The smallest absolute Gasteiger partial charge is 0.264 e. The number of benzene rings is 3. The van der Waals surface area contributed by atoms with E-state index in [0.717, 1.165) is 37.4 Å². The van der Waals surface area contributed by atoms with Crippen LogP contribution in [0.25, 0.3) is 0 Å². The zero-order valence-electron chi connectivity index (χ0n) is 21.2. The van der Waals surface area contributed by atoms with Gasteiger partial charge in [0.25, 0.3) is 15.9 Å². The number of rotatable bonds is 9. The minimum Gasteiger partial charge on any atom is -0.397 e. The van der Waals surface area contributed by atoms with E-state index in [0.29, 0.717) is 23.3 Å². The van der Waals surface area contributed by atoms with Gasteiger partial charge in [-0.3, -0.25) is 4.79 Å². The van der Waals surface area contributed by atoms with E-state index in [1.165, 1.54) is 17.0 Å². The highest BCUT2D eigenvalue weighted by Crippen LogP contribution is 2.32. The topological polar surface area (TPSA) is 105 Å². The molecule has 0 unspecified atom stereocenters. The monoisotopic (exact) mass is 538 g/mol.